The number of carbonyl (C=O) groups is 1. The Morgan fingerprint density at radius 3 is 2.14 bits per heavy atom. The SMILES string of the molecule is O=C(C1CC1)N1CCN(S(=O)(=O)c2ccc(Br)cc2)CC1. The third kappa shape index (κ3) is 3.14. The highest BCUT2D eigenvalue weighted by molar-refractivity contribution is 9.10. The first-order chi connectivity index (χ1) is 9.98. The molecule has 1 amide bonds. The summed E-state index contributed by atoms with van der Waals surface area (Å²) in [6, 6.07) is 6.64. The van der Waals surface area contributed by atoms with Gasteiger partial charge < -0.3 is 4.90 Å². The van der Waals surface area contributed by atoms with Gasteiger partial charge in [-0.25, -0.2) is 8.42 Å². The van der Waals surface area contributed by atoms with Crippen molar-refractivity contribution < 1.29 is 13.2 Å². The van der Waals surface area contributed by atoms with E-state index >= 15 is 0 Å². The van der Waals surface area contributed by atoms with E-state index in [1.165, 1.54) is 4.31 Å². The number of amides is 1. The minimum absolute atomic E-state index is 0.190. The maximum Gasteiger partial charge on any atom is 0.243 e. The van der Waals surface area contributed by atoms with Crippen molar-refractivity contribution in [3.05, 3.63) is 28.7 Å². The molecule has 0 N–H and O–H groups in total. The first-order valence-corrected chi connectivity index (χ1v) is 9.26. The van der Waals surface area contributed by atoms with Crippen LogP contribution in [-0.2, 0) is 14.8 Å². The second kappa shape index (κ2) is 5.70. The van der Waals surface area contributed by atoms with Crippen LogP contribution in [0.25, 0.3) is 0 Å². The number of benzene rings is 1. The molecule has 2 aliphatic rings. The predicted molar refractivity (Wildman–Crippen MR) is 82.2 cm³/mol. The normalized spacial score (nSPS) is 20.5. The van der Waals surface area contributed by atoms with Crippen molar-refractivity contribution in [3.63, 3.8) is 0 Å². The van der Waals surface area contributed by atoms with E-state index in [1.807, 2.05) is 0 Å². The van der Waals surface area contributed by atoms with E-state index in [2.05, 4.69) is 15.9 Å². The number of piperazine rings is 1. The molecule has 21 heavy (non-hydrogen) atoms. The summed E-state index contributed by atoms with van der Waals surface area (Å²) >= 11 is 3.30. The van der Waals surface area contributed by atoms with Gasteiger partial charge in [0.25, 0.3) is 0 Å². The molecule has 5 nitrogen and oxygen atoms in total. The Balaban J connectivity index is 1.68. The molecule has 3 rings (SSSR count). The lowest BCUT2D eigenvalue weighted by Gasteiger charge is -2.34. The highest BCUT2D eigenvalue weighted by Gasteiger charge is 2.36. The zero-order chi connectivity index (χ0) is 15.0. The lowest BCUT2D eigenvalue weighted by atomic mass is 10.3. The number of hydrogen-bond donors (Lipinski definition) is 0. The van der Waals surface area contributed by atoms with E-state index in [-0.39, 0.29) is 11.8 Å². The summed E-state index contributed by atoms with van der Waals surface area (Å²) in [4.78, 5) is 14.1. The van der Waals surface area contributed by atoms with E-state index in [0.29, 0.717) is 31.1 Å². The molecular formula is C14H17BrN2O3S. The molecule has 0 aromatic heterocycles. The zero-order valence-corrected chi connectivity index (χ0v) is 13.9. The van der Waals surface area contributed by atoms with Crippen molar-refractivity contribution in [2.45, 2.75) is 17.7 Å². The molecule has 0 unspecified atom stereocenters. The Morgan fingerprint density at radius 1 is 1.05 bits per heavy atom. The zero-order valence-electron chi connectivity index (χ0n) is 11.5. The second-order valence-corrected chi connectivity index (χ2v) is 8.31. The summed E-state index contributed by atoms with van der Waals surface area (Å²) in [6.07, 6.45) is 1.96. The molecule has 1 aliphatic heterocycles. The maximum absolute atomic E-state index is 12.5. The fourth-order valence-electron chi connectivity index (χ4n) is 2.49. The lowest BCUT2D eigenvalue weighted by molar-refractivity contribution is -0.133. The minimum atomic E-state index is -3.46. The molecule has 0 bridgehead atoms. The molecule has 1 saturated carbocycles. The van der Waals surface area contributed by atoms with Crippen LogP contribution in [-0.4, -0.2) is 49.7 Å². The largest absolute Gasteiger partial charge is 0.340 e. The fourth-order valence-corrected chi connectivity index (χ4v) is 4.18. The Kier molecular flexibility index (Phi) is 4.07. The van der Waals surface area contributed by atoms with Gasteiger partial charge in [-0.2, -0.15) is 4.31 Å². The highest BCUT2D eigenvalue weighted by atomic mass is 79.9. The number of nitrogens with zero attached hydrogens (tertiary/aromatic N) is 2. The lowest BCUT2D eigenvalue weighted by Crippen LogP contribution is -2.50. The Hall–Kier alpha value is -0.920. The third-order valence-electron chi connectivity index (χ3n) is 3.93. The third-order valence-corrected chi connectivity index (χ3v) is 6.37. The highest BCUT2D eigenvalue weighted by Crippen LogP contribution is 2.31. The van der Waals surface area contributed by atoms with Gasteiger partial charge in [0.15, 0.2) is 0 Å². The van der Waals surface area contributed by atoms with E-state index in [1.54, 1.807) is 29.2 Å². The van der Waals surface area contributed by atoms with Gasteiger partial charge in [-0.3, -0.25) is 4.79 Å². The number of hydrogen-bond acceptors (Lipinski definition) is 3. The van der Waals surface area contributed by atoms with Crippen LogP contribution in [0.1, 0.15) is 12.8 Å². The predicted octanol–water partition coefficient (Wildman–Crippen LogP) is 1.69. The first kappa shape index (κ1) is 15.0. The summed E-state index contributed by atoms with van der Waals surface area (Å²) in [7, 11) is -3.46. The Morgan fingerprint density at radius 2 is 1.62 bits per heavy atom. The molecule has 1 heterocycles. The smallest absolute Gasteiger partial charge is 0.243 e. The van der Waals surface area contributed by atoms with Gasteiger partial charge in [0.2, 0.25) is 15.9 Å². The average molecular weight is 373 g/mol. The van der Waals surface area contributed by atoms with Crippen molar-refractivity contribution >= 4 is 31.9 Å². The van der Waals surface area contributed by atoms with Crippen molar-refractivity contribution in [1.82, 2.24) is 9.21 Å². The molecule has 2 fully saturated rings. The molecular weight excluding hydrogens is 356 g/mol. The molecule has 0 atom stereocenters. The van der Waals surface area contributed by atoms with Gasteiger partial charge in [0.1, 0.15) is 0 Å². The summed E-state index contributed by atoms with van der Waals surface area (Å²) in [5.41, 5.74) is 0. The van der Waals surface area contributed by atoms with Crippen molar-refractivity contribution in [2.75, 3.05) is 26.2 Å². The molecule has 1 saturated heterocycles. The van der Waals surface area contributed by atoms with Gasteiger partial charge in [0.05, 0.1) is 4.90 Å². The number of carbonyl (C=O) groups excluding carboxylic acids is 1. The molecule has 1 aliphatic carbocycles. The van der Waals surface area contributed by atoms with Crippen LogP contribution < -0.4 is 0 Å². The maximum atomic E-state index is 12.5. The number of sulfonamides is 1. The number of rotatable bonds is 3. The van der Waals surface area contributed by atoms with E-state index in [9.17, 15) is 13.2 Å². The minimum Gasteiger partial charge on any atom is -0.340 e. The summed E-state index contributed by atoms with van der Waals surface area (Å²) in [5.74, 6) is 0.385. The van der Waals surface area contributed by atoms with Crippen LogP contribution in [0.5, 0.6) is 0 Å². The second-order valence-electron chi connectivity index (χ2n) is 5.46. The van der Waals surface area contributed by atoms with E-state index in [0.717, 1.165) is 17.3 Å². The fraction of sp³-hybridized carbons (Fsp3) is 0.500. The van der Waals surface area contributed by atoms with Crippen molar-refractivity contribution in [3.8, 4) is 0 Å². The van der Waals surface area contributed by atoms with Crippen LogP contribution in [0, 0.1) is 5.92 Å². The van der Waals surface area contributed by atoms with Crippen LogP contribution >= 0.6 is 15.9 Å². The average Bonchev–Trinajstić information content (AvgIpc) is 3.32. The van der Waals surface area contributed by atoms with E-state index in [4.69, 9.17) is 0 Å². The van der Waals surface area contributed by atoms with Crippen LogP contribution in [0.4, 0.5) is 0 Å². The van der Waals surface area contributed by atoms with Gasteiger partial charge in [-0.1, -0.05) is 15.9 Å². The number of halogens is 1. The van der Waals surface area contributed by atoms with Crippen LogP contribution in [0.2, 0.25) is 0 Å². The topological polar surface area (TPSA) is 57.7 Å². The Labute approximate surface area is 133 Å². The van der Waals surface area contributed by atoms with Crippen LogP contribution in [0.15, 0.2) is 33.6 Å². The van der Waals surface area contributed by atoms with Crippen LogP contribution in [0.3, 0.4) is 0 Å². The standard InChI is InChI=1S/C14H17BrN2O3S/c15-12-3-5-13(6-4-12)21(19,20)17-9-7-16(8-10-17)14(18)11-1-2-11/h3-6,11H,1-2,7-10H2. The summed E-state index contributed by atoms with van der Waals surface area (Å²) < 4.78 is 27.4. The van der Waals surface area contributed by atoms with E-state index < -0.39 is 10.0 Å². The summed E-state index contributed by atoms with van der Waals surface area (Å²) in [6.45, 7) is 1.73. The van der Waals surface area contributed by atoms with Gasteiger partial charge >= 0.3 is 0 Å². The summed E-state index contributed by atoms with van der Waals surface area (Å²) in [5, 5.41) is 0. The first-order valence-electron chi connectivity index (χ1n) is 7.03. The van der Waals surface area contributed by atoms with Crippen molar-refractivity contribution in [1.29, 1.82) is 0 Å². The monoisotopic (exact) mass is 372 g/mol. The molecule has 0 radical (unpaired) electrons. The quantitative estimate of drug-likeness (QED) is 0.810. The molecule has 114 valence electrons. The van der Waals surface area contributed by atoms with Gasteiger partial charge in [-0.05, 0) is 37.1 Å². The molecule has 1 aromatic rings. The molecule has 7 heteroatoms. The Bertz CT molecular complexity index is 633. The molecule has 1 aromatic carbocycles. The van der Waals surface area contributed by atoms with Gasteiger partial charge in [0, 0.05) is 36.6 Å². The van der Waals surface area contributed by atoms with Gasteiger partial charge in [-0.15, -0.1) is 0 Å². The van der Waals surface area contributed by atoms with Crippen molar-refractivity contribution in [2.24, 2.45) is 5.92 Å². The molecule has 0 spiro atoms.